The molecule has 0 spiro atoms. The van der Waals surface area contributed by atoms with Crippen molar-refractivity contribution in [3.63, 3.8) is 0 Å². The van der Waals surface area contributed by atoms with Crippen LogP contribution in [0.15, 0.2) is 41.2 Å². The van der Waals surface area contributed by atoms with Gasteiger partial charge < -0.3 is 19.8 Å². The van der Waals surface area contributed by atoms with Gasteiger partial charge in [-0.2, -0.15) is 4.98 Å². The van der Waals surface area contributed by atoms with E-state index >= 15 is 0 Å². The summed E-state index contributed by atoms with van der Waals surface area (Å²) in [4.78, 5) is 30.7. The quantitative estimate of drug-likeness (QED) is 0.661. The maximum absolute atomic E-state index is 12.0. The van der Waals surface area contributed by atoms with Gasteiger partial charge in [-0.1, -0.05) is 12.1 Å². The molecule has 8 heteroatoms. The van der Waals surface area contributed by atoms with Gasteiger partial charge in [0.25, 0.3) is 0 Å². The SMILES string of the molecule is COC(=O)c1ccc(NCCn2c(=O)[nH]c3ccccc32)nc1OC. The minimum Gasteiger partial charge on any atom is -0.480 e. The summed E-state index contributed by atoms with van der Waals surface area (Å²) in [6.07, 6.45) is 0. The van der Waals surface area contributed by atoms with Crippen LogP contribution in [0.25, 0.3) is 11.0 Å². The number of carbonyl (C=O) groups is 1. The normalized spacial score (nSPS) is 10.6. The molecule has 25 heavy (non-hydrogen) atoms. The fraction of sp³-hybridized carbons (Fsp3) is 0.235. The minimum atomic E-state index is -0.513. The average Bonchev–Trinajstić information content (AvgIpc) is 2.96. The van der Waals surface area contributed by atoms with E-state index in [9.17, 15) is 9.59 Å². The van der Waals surface area contributed by atoms with Crippen LogP contribution in [0.5, 0.6) is 5.88 Å². The van der Waals surface area contributed by atoms with Gasteiger partial charge in [-0.05, 0) is 24.3 Å². The highest BCUT2D eigenvalue weighted by molar-refractivity contribution is 5.92. The number of benzene rings is 1. The number of H-pyrrole nitrogens is 1. The fourth-order valence-corrected chi connectivity index (χ4v) is 2.58. The van der Waals surface area contributed by atoms with Crippen LogP contribution in [-0.2, 0) is 11.3 Å². The molecule has 0 unspecified atom stereocenters. The number of hydrogen-bond donors (Lipinski definition) is 2. The Morgan fingerprint density at radius 3 is 2.80 bits per heavy atom. The summed E-state index contributed by atoms with van der Waals surface area (Å²) in [5, 5.41) is 3.12. The number of ether oxygens (including phenoxy) is 2. The number of fused-ring (bicyclic) bond motifs is 1. The van der Waals surface area contributed by atoms with Crippen LogP contribution in [0.1, 0.15) is 10.4 Å². The van der Waals surface area contributed by atoms with Gasteiger partial charge in [-0.15, -0.1) is 0 Å². The summed E-state index contributed by atoms with van der Waals surface area (Å²) in [6, 6.07) is 10.8. The first-order valence-corrected chi connectivity index (χ1v) is 7.69. The molecule has 0 fully saturated rings. The molecule has 3 aromatic rings. The highest BCUT2D eigenvalue weighted by Gasteiger charge is 2.14. The van der Waals surface area contributed by atoms with Gasteiger partial charge >= 0.3 is 11.7 Å². The first-order valence-electron chi connectivity index (χ1n) is 7.69. The van der Waals surface area contributed by atoms with Crippen LogP contribution in [-0.4, -0.2) is 41.3 Å². The number of anilines is 1. The molecule has 3 rings (SSSR count). The van der Waals surface area contributed by atoms with Crippen molar-refractivity contribution in [3.8, 4) is 5.88 Å². The number of aromatic amines is 1. The van der Waals surface area contributed by atoms with Crippen molar-refractivity contribution in [1.82, 2.24) is 14.5 Å². The molecule has 0 aliphatic heterocycles. The fourth-order valence-electron chi connectivity index (χ4n) is 2.58. The average molecular weight is 342 g/mol. The van der Waals surface area contributed by atoms with Crippen LogP contribution in [0.2, 0.25) is 0 Å². The number of para-hydroxylation sites is 2. The smallest absolute Gasteiger partial charge is 0.343 e. The van der Waals surface area contributed by atoms with Crippen molar-refractivity contribution in [1.29, 1.82) is 0 Å². The van der Waals surface area contributed by atoms with E-state index in [4.69, 9.17) is 4.74 Å². The molecular weight excluding hydrogens is 324 g/mol. The van der Waals surface area contributed by atoms with E-state index in [1.54, 1.807) is 16.7 Å². The summed E-state index contributed by atoms with van der Waals surface area (Å²) < 4.78 is 11.5. The van der Waals surface area contributed by atoms with Crippen LogP contribution in [0.3, 0.4) is 0 Å². The largest absolute Gasteiger partial charge is 0.480 e. The number of aromatic nitrogens is 3. The highest BCUT2D eigenvalue weighted by Crippen LogP contribution is 2.19. The Bertz CT molecular complexity index is 961. The van der Waals surface area contributed by atoms with Crippen molar-refractivity contribution in [2.75, 3.05) is 26.1 Å². The first-order chi connectivity index (χ1) is 12.1. The standard InChI is InChI=1S/C17H18N4O4/c1-24-15-11(16(22)25-2)7-8-14(20-15)18-9-10-21-13-6-4-3-5-12(13)19-17(21)23/h3-8H,9-10H2,1-2H3,(H,18,20)(H,19,23). The zero-order chi connectivity index (χ0) is 17.8. The Kier molecular flexibility index (Phi) is 4.69. The number of esters is 1. The lowest BCUT2D eigenvalue weighted by Gasteiger charge is -2.10. The van der Waals surface area contributed by atoms with E-state index < -0.39 is 5.97 Å². The van der Waals surface area contributed by atoms with E-state index in [2.05, 4.69) is 20.0 Å². The molecule has 1 aromatic carbocycles. The van der Waals surface area contributed by atoms with E-state index in [0.29, 0.717) is 18.9 Å². The highest BCUT2D eigenvalue weighted by atomic mass is 16.5. The van der Waals surface area contributed by atoms with Gasteiger partial charge in [-0.25, -0.2) is 9.59 Å². The molecule has 0 aliphatic carbocycles. The molecule has 0 bridgehead atoms. The lowest BCUT2D eigenvalue weighted by atomic mass is 10.2. The number of nitrogens with zero attached hydrogens (tertiary/aromatic N) is 2. The number of hydrogen-bond acceptors (Lipinski definition) is 6. The van der Waals surface area contributed by atoms with Crippen molar-refractivity contribution in [2.45, 2.75) is 6.54 Å². The minimum absolute atomic E-state index is 0.158. The number of carbonyl (C=O) groups excluding carboxylic acids is 1. The number of pyridine rings is 1. The molecule has 0 radical (unpaired) electrons. The first kappa shape index (κ1) is 16.6. The summed E-state index contributed by atoms with van der Waals surface area (Å²) in [6.45, 7) is 0.946. The lowest BCUT2D eigenvalue weighted by Crippen LogP contribution is -2.21. The van der Waals surface area contributed by atoms with Gasteiger partial charge in [0.1, 0.15) is 11.4 Å². The molecule has 130 valence electrons. The number of rotatable bonds is 6. The second-order valence-corrected chi connectivity index (χ2v) is 5.27. The van der Waals surface area contributed by atoms with Gasteiger partial charge in [-0.3, -0.25) is 4.57 Å². The monoisotopic (exact) mass is 342 g/mol. The summed E-state index contributed by atoms with van der Waals surface area (Å²) >= 11 is 0. The zero-order valence-corrected chi connectivity index (χ0v) is 13.9. The van der Waals surface area contributed by atoms with Gasteiger partial charge in [0.2, 0.25) is 5.88 Å². The Morgan fingerprint density at radius 1 is 1.24 bits per heavy atom. The van der Waals surface area contributed by atoms with Crippen LogP contribution < -0.4 is 15.7 Å². The van der Waals surface area contributed by atoms with Crippen LogP contribution in [0, 0.1) is 0 Å². The van der Waals surface area contributed by atoms with Crippen LogP contribution in [0.4, 0.5) is 5.82 Å². The van der Waals surface area contributed by atoms with E-state index in [1.165, 1.54) is 14.2 Å². The second kappa shape index (κ2) is 7.08. The summed E-state index contributed by atoms with van der Waals surface area (Å²) in [7, 11) is 2.73. The Labute approximate surface area is 143 Å². The van der Waals surface area contributed by atoms with Gasteiger partial charge in [0.05, 0.1) is 25.3 Å². The summed E-state index contributed by atoms with van der Waals surface area (Å²) in [5.41, 5.74) is 1.74. The van der Waals surface area contributed by atoms with Crippen molar-refractivity contribution < 1.29 is 14.3 Å². The molecule has 2 N–H and O–H groups in total. The topological polar surface area (TPSA) is 98.2 Å². The second-order valence-electron chi connectivity index (χ2n) is 5.27. The van der Waals surface area contributed by atoms with E-state index in [-0.39, 0.29) is 17.1 Å². The molecule has 0 amide bonds. The molecule has 0 aliphatic rings. The van der Waals surface area contributed by atoms with E-state index in [0.717, 1.165) is 11.0 Å². The molecule has 0 atom stereocenters. The predicted octanol–water partition coefficient (Wildman–Crippen LogP) is 1.63. The number of nitrogens with one attached hydrogen (secondary N) is 2. The lowest BCUT2D eigenvalue weighted by molar-refractivity contribution is 0.0596. The molecular formula is C17H18N4O4. The maximum Gasteiger partial charge on any atom is 0.343 e. The third-order valence-corrected chi connectivity index (χ3v) is 3.78. The summed E-state index contributed by atoms with van der Waals surface area (Å²) in [5.74, 6) is 0.208. The number of imidazole rings is 1. The molecule has 0 saturated heterocycles. The maximum atomic E-state index is 12.0. The Balaban J connectivity index is 1.72. The van der Waals surface area contributed by atoms with Gasteiger partial charge in [0.15, 0.2) is 0 Å². The van der Waals surface area contributed by atoms with Crippen molar-refractivity contribution in [2.24, 2.45) is 0 Å². The van der Waals surface area contributed by atoms with Crippen molar-refractivity contribution >= 4 is 22.8 Å². The van der Waals surface area contributed by atoms with Gasteiger partial charge in [0, 0.05) is 13.1 Å². The molecule has 2 heterocycles. The van der Waals surface area contributed by atoms with Crippen molar-refractivity contribution in [3.05, 3.63) is 52.4 Å². The van der Waals surface area contributed by atoms with Crippen LogP contribution >= 0.6 is 0 Å². The zero-order valence-electron chi connectivity index (χ0n) is 13.9. The number of methoxy groups -OCH3 is 2. The molecule has 8 nitrogen and oxygen atoms in total. The van der Waals surface area contributed by atoms with E-state index in [1.807, 2.05) is 24.3 Å². The predicted molar refractivity (Wildman–Crippen MR) is 93.2 cm³/mol. The Morgan fingerprint density at radius 2 is 2.04 bits per heavy atom. The third kappa shape index (κ3) is 3.32. The molecule has 2 aromatic heterocycles. The Hall–Kier alpha value is -3.29. The third-order valence-electron chi connectivity index (χ3n) is 3.78. The molecule has 0 saturated carbocycles.